The van der Waals surface area contributed by atoms with Crippen molar-refractivity contribution in [3.63, 3.8) is 0 Å². The van der Waals surface area contributed by atoms with Crippen molar-refractivity contribution >= 4 is 11.5 Å². The monoisotopic (exact) mass is 277 g/mol. The van der Waals surface area contributed by atoms with Gasteiger partial charge in [-0.1, -0.05) is 17.3 Å². The van der Waals surface area contributed by atoms with E-state index < -0.39 is 0 Å². The van der Waals surface area contributed by atoms with E-state index in [1.807, 2.05) is 24.3 Å². The van der Waals surface area contributed by atoms with Crippen molar-refractivity contribution in [2.45, 2.75) is 37.8 Å². The van der Waals surface area contributed by atoms with Gasteiger partial charge >= 0.3 is 0 Å². The standard InChI is InChI=1S/C15H23N3O2/c1-18(13-7-4-8-14(10-13)20-2)12-6-3-5-11(9-12)15(16)17-19/h3,5-6,9,13-14,19H,4,7-8,10H2,1-2H3,(H2,16,17). The lowest BCUT2D eigenvalue weighted by atomic mass is 9.91. The zero-order chi connectivity index (χ0) is 14.5. The Morgan fingerprint density at radius 3 is 2.95 bits per heavy atom. The average molecular weight is 277 g/mol. The zero-order valence-electron chi connectivity index (χ0n) is 12.1. The fourth-order valence-electron chi connectivity index (χ4n) is 2.84. The van der Waals surface area contributed by atoms with Crippen LogP contribution >= 0.6 is 0 Å². The molecule has 1 aromatic carbocycles. The fourth-order valence-corrected chi connectivity index (χ4v) is 2.84. The maximum absolute atomic E-state index is 8.77. The van der Waals surface area contributed by atoms with Crippen LogP contribution in [0.4, 0.5) is 5.69 Å². The van der Waals surface area contributed by atoms with E-state index in [9.17, 15) is 0 Å². The molecule has 0 aromatic heterocycles. The van der Waals surface area contributed by atoms with Crippen LogP contribution in [-0.4, -0.2) is 37.3 Å². The van der Waals surface area contributed by atoms with Crippen molar-refractivity contribution in [3.05, 3.63) is 29.8 Å². The van der Waals surface area contributed by atoms with Gasteiger partial charge in [0, 0.05) is 31.5 Å². The number of amidine groups is 1. The molecule has 1 aliphatic carbocycles. The smallest absolute Gasteiger partial charge is 0.170 e. The number of methoxy groups -OCH3 is 1. The third kappa shape index (κ3) is 3.22. The molecule has 1 aromatic rings. The molecule has 20 heavy (non-hydrogen) atoms. The second-order valence-corrected chi connectivity index (χ2v) is 5.32. The van der Waals surface area contributed by atoms with Crippen LogP contribution in [0.2, 0.25) is 0 Å². The van der Waals surface area contributed by atoms with Crippen LogP contribution in [0.3, 0.4) is 0 Å². The van der Waals surface area contributed by atoms with Crippen LogP contribution in [0, 0.1) is 0 Å². The molecule has 5 heteroatoms. The SMILES string of the molecule is COC1CCCC(N(C)c2cccc(C(N)=NO)c2)C1. The molecule has 0 heterocycles. The van der Waals surface area contributed by atoms with Crippen LogP contribution < -0.4 is 10.6 Å². The maximum atomic E-state index is 8.77. The van der Waals surface area contributed by atoms with Crippen molar-refractivity contribution in [1.82, 2.24) is 0 Å². The van der Waals surface area contributed by atoms with Gasteiger partial charge in [0.15, 0.2) is 5.84 Å². The summed E-state index contributed by atoms with van der Waals surface area (Å²) in [6, 6.07) is 8.23. The first-order valence-corrected chi connectivity index (χ1v) is 6.99. The van der Waals surface area contributed by atoms with Crippen LogP contribution in [0.5, 0.6) is 0 Å². The number of nitrogens with two attached hydrogens (primary N) is 1. The highest BCUT2D eigenvalue weighted by atomic mass is 16.5. The Bertz CT molecular complexity index is 476. The molecule has 0 spiro atoms. The number of hydrogen-bond donors (Lipinski definition) is 2. The Morgan fingerprint density at radius 2 is 2.25 bits per heavy atom. The van der Waals surface area contributed by atoms with Crippen molar-refractivity contribution in [2.75, 3.05) is 19.1 Å². The van der Waals surface area contributed by atoms with Gasteiger partial charge in [0.25, 0.3) is 0 Å². The first-order chi connectivity index (χ1) is 9.65. The second kappa shape index (κ2) is 6.61. The molecule has 0 radical (unpaired) electrons. The minimum absolute atomic E-state index is 0.138. The predicted molar refractivity (Wildman–Crippen MR) is 80.4 cm³/mol. The van der Waals surface area contributed by atoms with Crippen LogP contribution in [-0.2, 0) is 4.74 Å². The first-order valence-electron chi connectivity index (χ1n) is 6.99. The van der Waals surface area contributed by atoms with Gasteiger partial charge in [0.1, 0.15) is 0 Å². The summed E-state index contributed by atoms with van der Waals surface area (Å²) in [5.74, 6) is 0.138. The molecular formula is C15H23N3O2. The van der Waals surface area contributed by atoms with E-state index in [2.05, 4.69) is 17.1 Å². The van der Waals surface area contributed by atoms with Crippen LogP contribution in [0.15, 0.2) is 29.4 Å². The first kappa shape index (κ1) is 14.7. The summed E-state index contributed by atoms with van der Waals surface area (Å²) >= 11 is 0. The lowest BCUT2D eigenvalue weighted by Crippen LogP contribution is -2.38. The Hall–Kier alpha value is -1.75. The molecule has 0 aliphatic heterocycles. The third-order valence-corrected chi connectivity index (χ3v) is 4.14. The molecule has 0 bridgehead atoms. The number of nitrogens with zero attached hydrogens (tertiary/aromatic N) is 2. The molecule has 0 saturated heterocycles. The lowest BCUT2D eigenvalue weighted by molar-refractivity contribution is 0.0637. The number of benzene rings is 1. The van der Waals surface area contributed by atoms with E-state index in [4.69, 9.17) is 15.7 Å². The summed E-state index contributed by atoms with van der Waals surface area (Å²) in [4.78, 5) is 2.26. The highest BCUT2D eigenvalue weighted by molar-refractivity contribution is 5.97. The molecule has 0 amide bonds. The van der Waals surface area contributed by atoms with Gasteiger partial charge in [0.05, 0.1) is 6.10 Å². The summed E-state index contributed by atoms with van der Waals surface area (Å²) in [5.41, 5.74) is 7.46. The van der Waals surface area contributed by atoms with Gasteiger partial charge in [0.2, 0.25) is 0 Å². The van der Waals surface area contributed by atoms with Gasteiger partial charge in [-0.25, -0.2) is 0 Å². The Morgan fingerprint density at radius 1 is 1.45 bits per heavy atom. The molecule has 1 fully saturated rings. The quantitative estimate of drug-likeness (QED) is 0.383. The fraction of sp³-hybridized carbons (Fsp3) is 0.533. The molecule has 1 aliphatic rings. The average Bonchev–Trinajstić information content (AvgIpc) is 2.53. The van der Waals surface area contributed by atoms with E-state index in [1.165, 1.54) is 12.8 Å². The molecule has 110 valence electrons. The minimum Gasteiger partial charge on any atom is -0.409 e. The van der Waals surface area contributed by atoms with Crippen molar-refractivity contribution in [3.8, 4) is 0 Å². The number of hydrogen-bond acceptors (Lipinski definition) is 4. The predicted octanol–water partition coefficient (Wildman–Crippen LogP) is 2.17. The van der Waals surface area contributed by atoms with Crippen molar-refractivity contribution in [1.29, 1.82) is 0 Å². The van der Waals surface area contributed by atoms with E-state index in [-0.39, 0.29) is 5.84 Å². The molecule has 3 N–H and O–H groups in total. The van der Waals surface area contributed by atoms with Crippen LogP contribution in [0.1, 0.15) is 31.2 Å². The molecule has 5 nitrogen and oxygen atoms in total. The largest absolute Gasteiger partial charge is 0.409 e. The normalized spacial score (nSPS) is 23.6. The molecular weight excluding hydrogens is 254 g/mol. The van der Waals surface area contributed by atoms with Gasteiger partial charge in [-0.15, -0.1) is 0 Å². The Balaban J connectivity index is 2.14. The van der Waals surface area contributed by atoms with E-state index in [0.29, 0.717) is 12.1 Å². The molecule has 2 atom stereocenters. The molecule has 2 rings (SSSR count). The number of oxime groups is 1. The maximum Gasteiger partial charge on any atom is 0.170 e. The summed E-state index contributed by atoms with van der Waals surface area (Å²) in [6.07, 6.45) is 4.90. The van der Waals surface area contributed by atoms with Gasteiger partial charge in [-0.2, -0.15) is 0 Å². The van der Waals surface area contributed by atoms with E-state index in [1.54, 1.807) is 7.11 Å². The molecule has 2 unspecified atom stereocenters. The highest BCUT2D eigenvalue weighted by Crippen LogP contribution is 2.28. The third-order valence-electron chi connectivity index (χ3n) is 4.14. The Kier molecular flexibility index (Phi) is 4.84. The highest BCUT2D eigenvalue weighted by Gasteiger charge is 2.25. The number of ether oxygens (including phenoxy) is 1. The topological polar surface area (TPSA) is 71.1 Å². The van der Waals surface area contributed by atoms with Crippen LogP contribution in [0.25, 0.3) is 0 Å². The lowest BCUT2D eigenvalue weighted by Gasteiger charge is -2.36. The summed E-state index contributed by atoms with van der Waals surface area (Å²) in [5, 5.41) is 11.8. The number of anilines is 1. The zero-order valence-corrected chi connectivity index (χ0v) is 12.1. The van der Waals surface area contributed by atoms with Gasteiger partial charge in [-0.05, 0) is 37.8 Å². The molecule has 1 saturated carbocycles. The van der Waals surface area contributed by atoms with Gasteiger partial charge in [-0.3, -0.25) is 0 Å². The summed E-state index contributed by atoms with van der Waals surface area (Å²) in [6.45, 7) is 0. The summed E-state index contributed by atoms with van der Waals surface area (Å²) < 4.78 is 5.49. The van der Waals surface area contributed by atoms with E-state index >= 15 is 0 Å². The Labute approximate surface area is 120 Å². The second-order valence-electron chi connectivity index (χ2n) is 5.32. The summed E-state index contributed by atoms with van der Waals surface area (Å²) in [7, 11) is 3.88. The van der Waals surface area contributed by atoms with E-state index in [0.717, 1.165) is 24.1 Å². The van der Waals surface area contributed by atoms with Crippen molar-refractivity contribution < 1.29 is 9.94 Å². The number of rotatable bonds is 4. The minimum atomic E-state index is 0.138. The van der Waals surface area contributed by atoms with Gasteiger partial charge < -0.3 is 20.6 Å². The van der Waals surface area contributed by atoms with Crippen molar-refractivity contribution in [2.24, 2.45) is 10.9 Å².